The molecule has 0 unspecified atom stereocenters. The lowest BCUT2D eigenvalue weighted by atomic mass is 9.87. The highest BCUT2D eigenvalue weighted by Crippen LogP contribution is 2.45. The van der Waals surface area contributed by atoms with Crippen molar-refractivity contribution in [3.05, 3.63) is 65.5 Å². The first-order chi connectivity index (χ1) is 14.0. The lowest BCUT2D eigenvalue weighted by molar-refractivity contribution is -0.130. The SMILES string of the molecule is CC(=O)N1C[C@H]2CN(CCCOc3ccc(F)cc3)C[C@H]2[C@H]1c1ccccc1C. The van der Waals surface area contributed by atoms with E-state index in [9.17, 15) is 9.18 Å². The van der Waals surface area contributed by atoms with Gasteiger partial charge in [0.1, 0.15) is 11.6 Å². The fraction of sp³-hybridized carbons (Fsp3) is 0.458. The Morgan fingerprint density at radius 1 is 1.10 bits per heavy atom. The average Bonchev–Trinajstić information content (AvgIpc) is 3.25. The first-order valence-electron chi connectivity index (χ1n) is 10.5. The van der Waals surface area contributed by atoms with Crippen molar-refractivity contribution < 1.29 is 13.9 Å². The normalized spacial score (nSPS) is 24.0. The van der Waals surface area contributed by atoms with Crippen molar-refractivity contribution in [2.45, 2.75) is 26.3 Å². The summed E-state index contributed by atoms with van der Waals surface area (Å²) in [5.41, 5.74) is 2.55. The van der Waals surface area contributed by atoms with Crippen molar-refractivity contribution in [2.24, 2.45) is 11.8 Å². The van der Waals surface area contributed by atoms with Crippen molar-refractivity contribution >= 4 is 5.91 Å². The zero-order valence-electron chi connectivity index (χ0n) is 17.2. The molecule has 0 radical (unpaired) electrons. The van der Waals surface area contributed by atoms with E-state index < -0.39 is 0 Å². The largest absolute Gasteiger partial charge is 0.494 e. The topological polar surface area (TPSA) is 32.8 Å². The fourth-order valence-electron chi connectivity index (χ4n) is 4.97. The molecule has 4 nitrogen and oxygen atoms in total. The van der Waals surface area contributed by atoms with E-state index in [0.717, 1.165) is 32.6 Å². The highest BCUT2D eigenvalue weighted by atomic mass is 19.1. The van der Waals surface area contributed by atoms with Gasteiger partial charge in [-0.2, -0.15) is 0 Å². The third-order valence-electron chi connectivity index (χ3n) is 6.35. The number of carbonyl (C=O) groups excluding carboxylic acids is 1. The summed E-state index contributed by atoms with van der Waals surface area (Å²) in [6, 6.07) is 14.8. The average molecular weight is 397 g/mol. The van der Waals surface area contributed by atoms with Crippen molar-refractivity contribution in [3.8, 4) is 5.75 Å². The van der Waals surface area contributed by atoms with Gasteiger partial charge in [-0.1, -0.05) is 24.3 Å². The maximum atomic E-state index is 13.0. The summed E-state index contributed by atoms with van der Waals surface area (Å²) in [7, 11) is 0. The minimum atomic E-state index is -0.247. The summed E-state index contributed by atoms with van der Waals surface area (Å²) >= 11 is 0. The fourth-order valence-corrected chi connectivity index (χ4v) is 4.97. The molecule has 0 aliphatic carbocycles. The van der Waals surface area contributed by atoms with Crippen LogP contribution in [0.15, 0.2) is 48.5 Å². The van der Waals surface area contributed by atoms with Crippen LogP contribution in [-0.2, 0) is 4.79 Å². The van der Waals surface area contributed by atoms with E-state index in [2.05, 4.69) is 41.0 Å². The molecule has 2 fully saturated rings. The van der Waals surface area contributed by atoms with Crippen molar-refractivity contribution in [2.75, 3.05) is 32.8 Å². The molecule has 0 saturated carbocycles. The smallest absolute Gasteiger partial charge is 0.219 e. The molecule has 29 heavy (non-hydrogen) atoms. The first kappa shape index (κ1) is 19.9. The van der Waals surface area contributed by atoms with Crippen LogP contribution in [0.5, 0.6) is 5.75 Å². The molecule has 2 aliphatic heterocycles. The number of aryl methyl sites for hydroxylation is 1. The second kappa shape index (κ2) is 8.54. The molecule has 2 saturated heterocycles. The molecule has 2 aliphatic rings. The molecular weight excluding hydrogens is 367 g/mol. The van der Waals surface area contributed by atoms with E-state index in [0.29, 0.717) is 24.2 Å². The Labute approximate surface area is 172 Å². The number of likely N-dealkylation sites (tertiary alicyclic amines) is 2. The summed E-state index contributed by atoms with van der Waals surface area (Å²) < 4.78 is 18.7. The van der Waals surface area contributed by atoms with Gasteiger partial charge in [0.25, 0.3) is 0 Å². The number of hydrogen-bond acceptors (Lipinski definition) is 3. The molecule has 5 heteroatoms. The van der Waals surface area contributed by atoms with Gasteiger partial charge in [-0.05, 0) is 54.7 Å². The number of nitrogens with zero attached hydrogens (tertiary/aromatic N) is 2. The third kappa shape index (κ3) is 4.30. The maximum Gasteiger partial charge on any atom is 0.219 e. The highest BCUT2D eigenvalue weighted by molar-refractivity contribution is 5.74. The summed E-state index contributed by atoms with van der Waals surface area (Å²) in [5.74, 6) is 1.65. The van der Waals surface area contributed by atoms with Crippen molar-refractivity contribution in [3.63, 3.8) is 0 Å². The second-order valence-electron chi connectivity index (χ2n) is 8.31. The molecule has 0 N–H and O–H groups in total. The van der Waals surface area contributed by atoms with Gasteiger partial charge in [-0.3, -0.25) is 4.79 Å². The van der Waals surface area contributed by atoms with Crippen LogP contribution in [0, 0.1) is 24.6 Å². The van der Waals surface area contributed by atoms with E-state index >= 15 is 0 Å². The number of hydrogen-bond donors (Lipinski definition) is 0. The molecule has 0 spiro atoms. The Balaban J connectivity index is 1.35. The number of halogens is 1. The van der Waals surface area contributed by atoms with E-state index in [4.69, 9.17) is 4.74 Å². The van der Waals surface area contributed by atoms with Gasteiger partial charge >= 0.3 is 0 Å². The van der Waals surface area contributed by atoms with Crippen LogP contribution < -0.4 is 4.74 Å². The van der Waals surface area contributed by atoms with E-state index in [-0.39, 0.29) is 17.8 Å². The van der Waals surface area contributed by atoms with Gasteiger partial charge in [0.15, 0.2) is 0 Å². The molecule has 4 rings (SSSR count). The summed E-state index contributed by atoms with van der Waals surface area (Å²) in [4.78, 5) is 16.9. The van der Waals surface area contributed by atoms with Crippen LogP contribution in [0.4, 0.5) is 4.39 Å². The van der Waals surface area contributed by atoms with Gasteiger partial charge in [0.05, 0.1) is 12.6 Å². The molecule has 0 aromatic heterocycles. The van der Waals surface area contributed by atoms with Crippen molar-refractivity contribution in [1.82, 2.24) is 9.80 Å². The van der Waals surface area contributed by atoms with Gasteiger partial charge < -0.3 is 14.5 Å². The lowest BCUT2D eigenvalue weighted by Crippen LogP contribution is -2.35. The molecule has 2 aromatic rings. The van der Waals surface area contributed by atoms with Crippen LogP contribution in [-0.4, -0.2) is 48.5 Å². The zero-order valence-corrected chi connectivity index (χ0v) is 17.2. The molecule has 1 amide bonds. The lowest BCUT2D eigenvalue weighted by Gasteiger charge is -2.30. The van der Waals surface area contributed by atoms with E-state index in [1.165, 1.54) is 23.3 Å². The van der Waals surface area contributed by atoms with E-state index in [1.807, 2.05) is 0 Å². The zero-order chi connectivity index (χ0) is 20.4. The Hall–Kier alpha value is -2.40. The quantitative estimate of drug-likeness (QED) is 0.691. The second-order valence-corrected chi connectivity index (χ2v) is 8.31. The summed E-state index contributed by atoms with van der Waals surface area (Å²) in [6.07, 6.45) is 0.933. The van der Waals surface area contributed by atoms with Crippen LogP contribution in [0.3, 0.4) is 0 Å². The third-order valence-corrected chi connectivity index (χ3v) is 6.35. The maximum absolute atomic E-state index is 13.0. The number of carbonyl (C=O) groups is 1. The monoisotopic (exact) mass is 396 g/mol. The Morgan fingerprint density at radius 3 is 2.59 bits per heavy atom. The van der Waals surface area contributed by atoms with Crippen LogP contribution in [0.2, 0.25) is 0 Å². The van der Waals surface area contributed by atoms with Gasteiger partial charge in [-0.15, -0.1) is 0 Å². The molecule has 2 aromatic carbocycles. The molecule has 0 bridgehead atoms. The van der Waals surface area contributed by atoms with Crippen LogP contribution >= 0.6 is 0 Å². The molecular formula is C24H29FN2O2. The Bertz CT molecular complexity index is 854. The minimum Gasteiger partial charge on any atom is -0.494 e. The standard InChI is InChI=1S/C24H29FN2O2/c1-17-6-3-4-7-22(17)24-23-16-26(14-19(23)15-27(24)18(2)28)12-5-13-29-21-10-8-20(25)9-11-21/h3-4,6-11,19,23-24H,5,12-16H2,1-2H3/t19-,23-,24-/m1/s1. The summed E-state index contributed by atoms with van der Waals surface area (Å²) in [6.45, 7) is 8.34. The number of fused-ring (bicyclic) bond motifs is 1. The number of ether oxygens (including phenoxy) is 1. The van der Waals surface area contributed by atoms with Gasteiger partial charge in [-0.25, -0.2) is 4.39 Å². The predicted octanol–water partition coefficient (Wildman–Crippen LogP) is 4.05. The van der Waals surface area contributed by atoms with Crippen LogP contribution in [0.1, 0.15) is 30.5 Å². The minimum absolute atomic E-state index is 0.173. The number of benzene rings is 2. The molecule has 154 valence electrons. The number of rotatable bonds is 6. The summed E-state index contributed by atoms with van der Waals surface area (Å²) in [5, 5.41) is 0. The van der Waals surface area contributed by atoms with Gasteiger partial charge in [0, 0.05) is 39.0 Å². The Kier molecular flexibility index (Phi) is 5.86. The first-order valence-corrected chi connectivity index (χ1v) is 10.5. The predicted molar refractivity (Wildman–Crippen MR) is 111 cm³/mol. The molecule has 3 atom stereocenters. The van der Waals surface area contributed by atoms with Gasteiger partial charge in [0.2, 0.25) is 5.91 Å². The molecule has 2 heterocycles. The number of amides is 1. The van der Waals surface area contributed by atoms with Crippen molar-refractivity contribution in [1.29, 1.82) is 0 Å². The van der Waals surface area contributed by atoms with Crippen LogP contribution in [0.25, 0.3) is 0 Å². The highest BCUT2D eigenvalue weighted by Gasteiger charge is 2.48. The van der Waals surface area contributed by atoms with E-state index in [1.54, 1.807) is 19.1 Å². The Morgan fingerprint density at radius 2 is 1.86 bits per heavy atom.